The van der Waals surface area contributed by atoms with Gasteiger partial charge in [0.2, 0.25) is 5.91 Å². The molecule has 0 unspecified atom stereocenters. The summed E-state index contributed by atoms with van der Waals surface area (Å²) in [5, 5.41) is 0. The fourth-order valence-electron chi connectivity index (χ4n) is 1.83. The van der Waals surface area contributed by atoms with Crippen molar-refractivity contribution in [3.63, 3.8) is 0 Å². The Morgan fingerprint density at radius 2 is 1.74 bits per heavy atom. The lowest BCUT2D eigenvalue weighted by Crippen LogP contribution is -2.13. The van der Waals surface area contributed by atoms with Crippen LogP contribution in [0.25, 0.3) is 0 Å². The molecule has 0 saturated heterocycles. The highest BCUT2D eigenvalue weighted by atomic mass is 32.1. The molecule has 0 aliphatic rings. The molecule has 0 aromatic heterocycles. The van der Waals surface area contributed by atoms with Crippen molar-refractivity contribution in [1.29, 1.82) is 0 Å². The van der Waals surface area contributed by atoms with E-state index in [1.807, 2.05) is 13.0 Å². The second-order valence-corrected chi connectivity index (χ2v) is 4.72. The standard InChI is InChI=1S/C15H13NO2S/c1-9-6-7-10(15(16)18)8-12(9)14(17)11-4-2-3-5-13(11)19/h2-8,19H,1H3,(H2,16,18). The fraction of sp³-hybridized carbons (Fsp3) is 0.0667. The first-order valence-corrected chi connectivity index (χ1v) is 6.18. The molecule has 19 heavy (non-hydrogen) atoms. The largest absolute Gasteiger partial charge is 0.366 e. The van der Waals surface area contributed by atoms with Gasteiger partial charge in [-0.25, -0.2) is 0 Å². The number of primary amides is 1. The number of hydrogen-bond donors (Lipinski definition) is 2. The molecule has 0 saturated carbocycles. The molecule has 1 amide bonds. The molecule has 0 radical (unpaired) electrons. The second-order valence-electron chi connectivity index (χ2n) is 4.24. The Kier molecular flexibility index (Phi) is 3.71. The molecule has 4 heteroatoms. The van der Waals surface area contributed by atoms with E-state index < -0.39 is 5.91 Å². The van der Waals surface area contributed by atoms with Crippen LogP contribution in [0.4, 0.5) is 0 Å². The monoisotopic (exact) mass is 271 g/mol. The Bertz CT molecular complexity index is 665. The Morgan fingerprint density at radius 3 is 2.37 bits per heavy atom. The molecule has 0 atom stereocenters. The van der Waals surface area contributed by atoms with Gasteiger partial charge in [0.05, 0.1) is 0 Å². The molecule has 96 valence electrons. The fourth-order valence-corrected chi connectivity index (χ4v) is 2.09. The summed E-state index contributed by atoms with van der Waals surface area (Å²) >= 11 is 4.28. The van der Waals surface area contributed by atoms with Gasteiger partial charge in [-0.1, -0.05) is 18.2 Å². The van der Waals surface area contributed by atoms with Crippen molar-refractivity contribution in [2.45, 2.75) is 11.8 Å². The predicted octanol–water partition coefficient (Wildman–Crippen LogP) is 2.61. The lowest BCUT2D eigenvalue weighted by molar-refractivity contribution is 0.1000. The van der Waals surface area contributed by atoms with E-state index in [9.17, 15) is 9.59 Å². The first-order valence-electron chi connectivity index (χ1n) is 5.74. The van der Waals surface area contributed by atoms with E-state index in [0.717, 1.165) is 5.56 Å². The number of rotatable bonds is 3. The van der Waals surface area contributed by atoms with E-state index in [0.29, 0.717) is 21.6 Å². The lowest BCUT2D eigenvalue weighted by Gasteiger charge is -2.08. The zero-order valence-electron chi connectivity index (χ0n) is 10.4. The van der Waals surface area contributed by atoms with Gasteiger partial charge in [0.1, 0.15) is 0 Å². The Labute approximate surface area is 116 Å². The average Bonchev–Trinajstić information content (AvgIpc) is 2.38. The molecule has 2 aromatic carbocycles. The minimum absolute atomic E-state index is 0.161. The summed E-state index contributed by atoms with van der Waals surface area (Å²) in [6, 6.07) is 11.9. The summed E-state index contributed by atoms with van der Waals surface area (Å²) in [5.41, 5.74) is 7.34. The lowest BCUT2D eigenvalue weighted by atomic mass is 9.97. The molecule has 0 heterocycles. The van der Waals surface area contributed by atoms with Gasteiger partial charge in [0.25, 0.3) is 0 Å². The number of hydrogen-bond acceptors (Lipinski definition) is 3. The molecule has 3 nitrogen and oxygen atoms in total. The summed E-state index contributed by atoms with van der Waals surface area (Å²) < 4.78 is 0. The number of aryl methyl sites for hydroxylation is 1. The Hall–Kier alpha value is -2.07. The number of carbonyl (C=O) groups excluding carboxylic acids is 2. The first-order chi connectivity index (χ1) is 9.00. The van der Waals surface area contributed by atoms with Crippen LogP contribution in [-0.2, 0) is 0 Å². The summed E-state index contributed by atoms with van der Waals surface area (Å²) in [6.45, 7) is 1.82. The van der Waals surface area contributed by atoms with Crippen LogP contribution in [0.2, 0.25) is 0 Å². The summed E-state index contributed by atoms with van der Waals surface area (Å²) in [5.74, 6) is -0.709. The van der Waals surface area contributed by atoms with Crippen molar-refractivity contribution in [2.24, 2.45) is 5.73 Å². The van der Waals surface area contributed by atoms with Crippen molar-refractivity contribution < 1.29 is 9.59 Å². The molecule has 0 bridgehead atoms. The van der Waals surface area contributed by atoms with Crippen LogP contribution < -0.4 is 5.73 Å². The number of ketones is 1. The second kappa shape index (κ2) is 5.28. The minimum Gasteiger partial charge on any atom is -0.366 e. The predicted molar refractivity (Wildman–Crippen MR) is 76.8 cm³/mol. The van der Waals surface area contributed by atoms with Crippen molar-refractivity contribution in [2.75, 3.05) is 0 Å². The van der Waals surface area contributed by atoms with Crippen molar-refractivity contribution in [1.82, 2.24) is 0 Å². The van der Waals surface area contributed by atoms with Crippen LogP contribution in [0.1, 0.15) is 31.8 Å². The molecule has 0 aliphatic heterocycles. The van der Waals surface area contributed by atoms with Gasteiger partial charge in [0.15, 0.2) is 5.78 Å². The summed E-state index contributed by atoms with van der Waals surface area (Å²) in [6.07, 6.45) is 0. The zero-order chi connectivity index (χ0) is 14.0. The Balaban J connectivity index is 2.53. The van der Waals surface area contributed by atoms with Gasteiger partial charge in [-0.05, 0) is 36.8 Å². The van der Waals surface area contributed by atoms with E-state index >= 15 is 0 Å². The molecule has 2 aromatic rings. The van der Waals surface area contributed by atoms with Gasteiger partial charge in [-0.2, -0.15) is 0 Å². The molecule has 2 N–H and O–H groups in total. The first kappa shape index (κ1) is 13.4. The number of nitrogens with two attached hydrogens (primary N) is 1. The molecular weight excluding hydrogens is 258 g/mol. The van der Waals surface area contributed by atoms with Gasteiger partial charge in [0, 0.05) is 21.6 Å². The van der Waals surface area contributed by atoms with Crippen LogP contribution in [0.15, 0.2) is 47.4 Å². The SMILES string of the molecule is Cc1ccc(C(N)=O)cc1C(=O)c1ccccc1S. The van der Waals surface area contributed by atoms with E-state index in [1.165, 1.54) is 6.07 Å². The highest BCUT2D eigenvalue weighted by Crippen LogP contribution is 2.20. The van der Waals surface area contributed by atoms with Crippen LogP contribution >= 0.6 is 12.6 Å². The van der Waals surface area contributed by atoms with Crippen LogP contribution in [0.3, 0.4) is 0 Å². The maximum atomic E-state index is 12.5. The number of benzene rings is 2. The van der Waals surface area contributed by atoms with Crippen LogP contribution in [-0.4, -0.2) is 11.7 Å². The van der Waals surface area contributed by atoms with Crippen molar-refractivity contribution in [3.8, 4) is 0 Å². The van der Waals surface area contributed by atoms with Crippen molar-refractivity contribution in [3.05, 3.63) is 64.7 Å². The number of thiol groups is 1. The zero-order valence-corrected chi connectivity index (χ0v) is 11.3. The summed E-state index contributed by atoms with van der Waals surface area (Å²) in [4.78, 5) is 24.3. The Morgan fingerprint density at radius 1 is 1.05 bits per heavy atom. The van der Waals surface area contributed by atoms with Gasteiger partial charge < -0.3 is 5.73 Å². The van der Waals surface area contributed by atoms with Gasteiger partial charge in [-0.15, -0.1) is 12.6 Å². The number of carbonyl (C=O) groups is 2. The highest BCUT2D eigenvalue weighted by Gasteiger charge is 2.15. The van der Waals surface area contributed by atoms with E-state index in [2.05, 4.69) is 12.6 Å². The molecule has 0 spiro atoms. The van der Waals surface area contributed by atoms with E-state index in [-0.39, 0.29) is 5.78 Å². The molecular formula is C15H13NO2S. The third-order valence-electron chi connectivity index (χ3n) is 2.92. The molecule has 0 aliphatic carbocycles. The van der Waals surface area contributed by atoms with Gasteiger partial charge >= 0.3 is 0 Å². The third-order valence-corrected chi connectivity index (χ3v) is 3.31. The normalized spacial score (nSPS) is 10.2. The molecule has 2 rings (SSSR count). The third kappa shape index (κ3) is 2.69. The van der Waals surface area contributed by atoms with Gasteiger partial charge in [-0.3, -0.25) is 9.59 Å². The highest BCUT2D eigenvalue weighted by molar-refractivity contribution is 7.80. The topological polar surface area (TPSA) is 60.2 Å². The smallest absolute Gasteiger partial charge is 0.248 e. The van der Waals surface area contributed by atoms with E-state index in [1.54, 1.807) is 30.3 Å². The van der Waals surface area contributed by atoms with Crippen LogP contribution in [0.5, 0.6) is 0 Å². The number of amides is 1. The van der Waals surface area contributed by atoms with E-state index in [4.69, 9.17) is 5.73 Å². The summed E-state index contributed by atoms with van der Waals surface area (Å²) in [7, 11) is 0. The maximum absolute atomic E-state index is 12.5. The maximum Gasteiger partial charge on any atom is 0.248 e. The van der Waals surface area contributed by atoms with Crippen molar-refractivity contribution >= 4 is 24.3 Å². The molecule has 0 fully saturated rings. The average molecular weight is 271 g/mol. The quantitative estimate of drug-likeness (QED) is 0.666. The minimum atomic E-state index is -0.548. The van der Waals surface area contributed by atoms with Crippen LogP contribution in [0, 0.1) is 6.92 Å².